The highest BCUT2D eigenvalue weighted by molar-refractivity contribution is 5.70. The summed E-state index contributed by atoms with van der Waals surface area (Å²) in [6, 6.07) is 0. The highest BCUT2D eigenvalue weighted by Gasteiger charge is 2.16. The van der Waals surface area contributed by atoms with Gasteiger partial charge < -0.3 is 28.7 Å². The van der Waals surface area contributed by atoms with Crippen LogP contribution in [0.25, 0.3) is 0 Å². The van der Waals surface area contributed by atoms with Crippen molar-refractivity contribution in [2.24, 2.45) is 0 Å². The summed E-state index contributed by atoms with van der Waals surface area (Å²) >= 11 is 0. The van der Waals surface area contributed by atoms with Gasteiger partial charge >= 0.3 is 11.9 Å². The molecule has 0 aromatic rings. The van der Waals surface area contributed by atoms with Crippen LogP contribution >= 0.6 is 0 Å². The van der Waals surface area contributed by atoms with Gasteiger partial charge in [0.25, 0.3) is 0 Å². The molecular formula is C46H92N2O6. The molecule has 1 aliphatic heterocycles. The van der Waals surface area contributed by atoms with Gasteiger partial charge in [-0.1, -0.05) is 143 Å². The van der Waals surface area contributed by atoms with Gasteiger partial charge in [0.05, 0.1) is 26.1 Å². The van der Waals surface area contributed by atoms with Crippen molar-refractivity contribution in [3.8, 4) is 0 Å². The van der Waals surface area contributed by atoms with Crippen LogP contribution in [-0.2, 0) is 28.5 Å². The monoisotopic (exact) mass is 769 g/mol. The molecule has 8 nitrogen and oxygen atoms in total. The van der Waals surface area contributed by atoms with E-state index < -0.39 is 0 Å². The number of rotatable bonds is 41. The number of carbonyl (C=O) groups is 2. The first-order valence-electron chi connectivity index (χ1n) is 23.6. The second kappa shape index (κ2) is 44.5. The highest BCUT2D eigenvalue weighted by Crippen LogP contribution is 2.11. The van der Waals surface area contributed by atoms with Crippen LogP contribution in [0.5, 0.6) is 0 Å². The van der Waals surface area contributed by atoms with E-state index in [0.717, 1.165) is 104 Å². The van der Waals surface area contributed by atoms with Crippen LogP contribution in [0, 0.1) is 0 Å². The normalized spacial score (nSPS) is 13.0. The van der Waals surface area contributed by atoms with Crippen molar-refractivity contribution in [2.45, 2.75) is 207 Å². The molecule has 0 spiro atoms. The van der Waals surface area contributed by atoms with E-state index in [1.807, 2.05) is 13.8 Å². The van der Waals surface area contributed by atoms with E-state index in [-0.39, 0.29) is 11.9 Å². The van der Waals surface area contributed by atoms with Crippen LogP contribution in [0.1, 0.15) is 207 Å². The summed E-state index contributed by atoms with van der Waals surface area (Å²) in [5.74, 6) is -0.264. The van der Waals surface area contributed by atoms with Crippen LogP contribution in [0.3, 0.4) is 0 Å². The summed E-state index contributed by atoms with van der Waals surface area (Å²) in [4.78, 5) is 29.7. The van der Waals surface area contributed by atoms with Gasteiger partial charge in [-0.3, -0.25) is 9.59 Å². The number of hydrogen-bond donors (Lipinski definition) is 0. The van der Waals surface area contributed by atoms with Crippen molar-refractivity contribution in [3.63, 3.8) is 0 Å². The third kappa shape index (κ3) is 39.0. The van der Waals surface area contributed by atoms with E-state index in [1.165, 1.54) is 116 Å². The smallest absolute Gasteiger partial charge is 0.307 e. The fraction of sp³-hybridized carbons (Fsp3) is 0.957. The molecular weight excluding hydrogens is 677 g/mol. The number of ether oxygens (including phenoxy) is 4. The van der Waals surface area contributed by atoms with Crippen molar-refractivity contribution in [1.29, 1.82) is 0 Å². The maximum absolute atomic E-state index is 12.5. The summed E-state index contributed by atoms with van der Waals surface area (Å²) in [5, 5.41) is 0. The Morgan fingerprint density at radius 1 is 0.444 bits per heavy atom. The van der Waals surface area contributed by atoms with Gasteiger partial charge in [0, 0.05) is 52.6 Å². The minimum absolute atomic E-state index is 0.132. The summed E-state index contributed by atoms with van der Waals surface area (Å²) in [7, 11) is 0. The van der Waals surface area contributed by atoms with E-state index >= 15 is 0 Å². The molecule has 0 aromatic heterocycles. The molecule has 0 saturated carbocycles. The molecule has 0 N–H and O–H groups in total. The maximum Gasteiger partial charge on any atom is 0.307 e. The zero-order valence-corrected chi connectivity index (χ0v) is 36.6. The molecule has 54 heavy (non-hydrogen) atoms. The topological polar surface area (TPSA) is 77.5 Å². The number of esters is 2. The van der Waals surface area contributed by atoms with Gasteiger partial charge in [-0.15, -0.1) is 0 Å². The summed E-state index contributed by atoms with van der Waals surface area (Å²) in [6.07, 6.45) is 32.7. The zero-order chi connectivity index (χ0) is 39.4. The minimum Gasteiger partial charge on any atom is -0.466 e. The lowest BCUT2D eigenvalue weighted by atomic mass is 10.1. The van der Waals surface area contributed by atoms with E-state index in [4.69, 9.17) is 18.9 Å². The molecule has 1 heterocycles. The van der Waals surface area contributed by atoms with Crippen molar-refractivity contribution in [3.05, 3.63) is 0 Å². The minimum atomic E-state index is -0.132. The van der Waals surface area contributed by atoms with E-state index in [2.05, 4.69) is 23.6 Å². The Morgan fingerprint density at radius 3 is 1.11 bits per heavy atom. The lowest BCUT2D eigenvalue weighted by molar-refractivity contribution is -0.144. The maximum atomic E-state index is 12.5. The Bertz CT molecular complexity index is 711. The second-order valence-corrected chi connectivity index (χ2v) is 15.3. The van der Waals surface area contributed by atoms with Gasteiger partial charge in [0.1, 0.15) is 0 Å². The average molecular weight is 769 g/mol. The van der Waals surface area contributed by atoms with Crippen LogP contribution in [0.2, 0.25) is 0 Å². The number of likely N-dealkylation sites (tertiary alicyclic amines) is 1. The standard InChI is InChI=1S/C44H86N2O6.C2H6/c1-3-5-7-9-11-15-23-37-49-39-25-17-13-19-27-41-51-43(47)29-33-46(36-35-45-31-21-22-32-45)34-30-44(48)52-42-28-20-14-18-26-40-50-38-24-16-12-10-8-6-4-2;1-2/h3-42H2,1-2H3;1-2H3. The number of hydrogen-bond acceptors (Lipinski definition) is 8. The van der Waals surface area contributed by atoms with Crippen molar-refractivity contribution in [2.75, 3.05) is 78.9 Å². The Hall–Kier alpha value is -1.22. The number of nitrogens with zero attached hydrogens (tertiary/aromatic N) is 2. The van der Waals surface area contributed by atoms with E-state index in [0.29, 0.717) is 39.1 Å². The molecule has 0 amide bonds. The first-order valence-corrected chi connectivity index (χ1v) is 23.6. The quantitative estimate of drug-likeness (QED) is 0.0449. The molecule has 0 atom stereocenters. The lowest BCUT2D eigenvalue weighted by Gasteiger charge is -2.24. The van der Waals surface area contributed by atoms with Crippen molar-refractivity contribution < 1.29 is 28.5 Å². The number of carbonyl (C=O) groups excluding carboxylic acids is 2. The van der Waals surface area contributed by atoms with Crippen LogP contribution < -0.4 is 0 Å². The predicted molar refractivity (Wildman–Crippen MR) is 228 cm³/mol. The zero-order valence-electron chi connectivity index (χ0n) is 36.6. The first-order chi connectivity index (χ1) is 26.7. The van der Waals surface area contributed by atoms with Gasteiger partial charge in [0.2, 0.25) is 0 Å². The van der Waals surface area contributed by atoms with E-state index in [1.54, 1.807) is 0 Å². The van der Waals surface area contributed by atoms with Gasteiger partial charge in [-0.2, -0.15) is 0 Å². The molecule has 0 bridgehead atoms. The molecule has 322 valence electrons. The molecule has 1 saturated heterocycles. The summed E-state index contributed by atoms with van der Waals surface area (Å²) in [5.41, 5.74) is 0. The SMILES string of the molecule is CC.CCCCCCCCCOCCCCCCCOC(=O)CCN(CCC(=O)OCCCCCCCOCCCCCCCCC)CCN1CCCC1. The lowest BCUT2D eigenvalue weighted by Crippen LogP contribution is -2.36. The average Bonchev–Trinajstić information content (AvgIpc) is 3.72. The van der Waals surface area contributed by atoms with E-state index in [9.17, 15) is 9.59 Å². The van der Waals surface area contributed by atoms with Crippen LogP contribution in [0.15, 0.2) is 0 Å². The van der Waals surface area contributed by atoms with Gasteiger partial charge in [0.15, 0.2) is 0 Å². The second-order valence-electron chi connectivity index (χ2n) is 15.3. The molecule has 0 aromatic carbocycles. The molecule has 0 radical (unpaired) electrons. The Morgan fingerprint density at radius 2 is 0.759 bits per heavy atom. The Labute approximate surface area is 335 Å². The fourth-order valence-corrected chi connectivity index (χ4v) is 6.84. The summed E-state index contributed by atoms with van der Waals surface area (Å²) < 4.78 is 22.7. The van der Waals surface area contributed by atoms with Gasteiger partial charge in [-0.05, 0) is 64.5 Å². The third-order valence-corrected chi connectivity index (χ3v) is 10.4. The predicted octanol–water partition coefficient (Wildman–Crippen LogP) is 11.7. The summed E-state index contributed by atoms with van der Waals surface area (Å²) in [6.45, 7) is 18.5. The molecule has 0 unspecified atom stereocenters. The van der Waals surface area contributed by atoms with Crippen molar-refractivity contribution in [1.82, 2.24) is 9.80 Å². The fourth-order valence-electron chi connectivity index (χ4n) is 6.84. The first kappa shape index (κ1) is 52.8. The highest BCUT2D eigenvalue weighted by atomic mass is 16.5. The third-order valence-electron chi connectivity index (χ3n) is 10.4. The molecule has 8 heteroatoms. The molecule has 1 rings (SSSR count). The molecule has 1 fully saturated rings. The van der Waals surface area contributed by atoms with Crippen LogP contribution in [-0.4, -0.2) is 101 Å². The number of unbranched alkanes of at least 4 members (excludes halogenated alkanes) is 20. The van der Waals surface area contributed by atoms with Crippen LogP contribution in [0.4, 0.5) is 0 Å². The molecule has 1 aliphatic rings. The largest absolute Gasteiger partial charge is 0.466 e. The Balaban J connectivity index is 0.0000138. The van der Waals surface area contributed by atoms with Crippen molar-refractivity contribution >= 4 is 11.9 Å². The Kier molecular flexibility index (Phi) is 43.5. The molecule has 0 aliphatic carbocycles. The van der Waals surface area contributed by atoms with Gasteiger partial charge in [-0.25, -0.2) is 0 Å².